The fraction of sp³-hybridized carbons (Fsp3) is 0.591. The van der Waals surface area contributed by atoms with E-state index in [0.717, 1.165) is 31.2 Å². The van der Waals surface area contributed by atoms with Crippen molar-refractivity contribution in [3.05, 3.63) is 35.9 Å². The molecule has 30 heavy (non-hydrogen) atoms. The fourth-order valence-electron chi connectivity index (χ4n) is 4.65. The molecule has 0 bridgehead atoms. The Morgan fingerprint density at radius 3 is 2.53 bits per heavy atom. The first-order valence-electron chi connectivity index (χ1n) is 10.5. The number of rotatable bonds is 9. The van der Waals surface area contributed by atoms with Crippen LogP contribution in [0.3, 0.4) is 0 Å². The highest BCUT2D eigenvalue weighted by atomic mass is 32.2. The zero-order valence-electron chi connectivity index (χ0n) is 17.2. The Morgan fingerprint density at radius 1 is 1.17 bits per heavy atom. The number of likely N-dealkylation sites (tertiary alicyclic amines) is 1. The minimum absolute atomic E-state index is 0.0488. The molecule has 164 valence electrons. The second-order valence-corrected chi connectivity index (χ2v) is 9.26. The van der Waals surface area contributed by atoms with E-state index in [4.69, 9.17) is 0 Å². The zero-order valence-corrected chi connectivity index (χ0v) is 18.0. The van der Waals surface area contributed by atoms with Crippen LogP contribution in [0.15, 0.2) is 30.3 Å². The van der Waals surface area contributed by atoms with Gasteiger partial charge in [0, 0.05) is 17.5 Å². The first kappa shape index (κ1) is 22.6. The molecule has 1 amide bonds. The minimum atomic E-state index is -1.01. The van der Waals surface area contributed by atoms with Crippen molar-refractivity contribution >= 4 is 29.6 Å². The molecule has 2 fully saturated rings. The van der Waals surface area contributed by atoms with Crippen molar-refractivity contribution in [3.63, 3.8) is 0 Å². The lowest BCUT2D eigenvalue weighted by Gasteiger charge is -2.35. The van der Waals surface area contributed by atoms with Gasteiger partial charge < -0.3 is 15.1 Å². The van der Waals surface area contributed by atoms with Crippen molar-refractivity contribution in [2.75, 3.05) is 5.75 Å². The fourth-order valence-corrected chi connectivity index (χ4v) is 5.67. The van der Waals surface area contributed by atoms with Crippen LogP contribution >= 0.6 is 11.8 Å². The molecule has 3 N–H and O–H groups in total. The van der Waals surface area contributed by atoms with E-state index in [2.05, 4.69) is 5.32 Å². The maximum Gasteiger partial charge on any atom is 0.326 e. The average Bonchev–Trinajstić information content (AvgIpc) is 3.13. The van der Waals surface area contributed by atoms with E-state index in [9.17, 15) is 24.6 Å². The molecule has 1 aromatic carbocycles. The van der Waals surface area contributed by atoms with Gasteiger partial charge in [0.15, 0.2) is 0 Å². The lowest BCUT2D eigenvalue weighted by Crippen LogP contribution is -2.56. The second-order valence-electron chi connectivity index (χ2n) is 8.23. The number of fused-ring (bicyclic) bond motifs is 1. The molecule has 1 saturated carbocycles. The summed E-state index contributed by atoms with van der Waals surface area (Å²) < 4.78 is 0. The van der Waals surface area contributed by atoms with Crippen LogP contribution in [0.5, 0.6) is 0 Å². The van der Waals surface area contributed by atoms with E-state index in [0.29, 0.717) is 17.9 Å². The molecule has 0 aromatic heterocycles. The summed E-state index contributed by atoms with van der Waals surface area (Å²) in [4.78, 5) is 38.2. The molecule has 5 atom stereocenters. The Kier molecular flexibility index (Phi) is 7.77. The van der Waals surface area contributed by atoms with Gasteiger partial charge in [0.1, 0.15) is 12.1 Å². The standard InChI is InChI=1S/C22H30N2O5S/c1-14(23-17(21(26)27)13-30-12-15-7-3-2-4-8-15)20(25)24-18-10-6-5-9-16(18)11-19(24)22(28)29/h2-4,7-8,14,16-19,23H,5-6,9-13H2,1H3,(H,26,27)(H,28,29)/t14-,16+,17-,18+,19-/m0/s1. The number of amides is 1. The third-order valence-corrected chi connectivity index (χ3v) is 7.25. The van der Waals surface area contributed by atoms with Crippen LogP contribution in [0, 0.1) is 5.92 Å². The number of benzene rings is 1. The lowest BCUT2D eigenvalue weighted by molar-refractivity contribution is -0.151. The van der Waals surface area contributed by atoms with Crippen LogP contribution < -0.4 is 5.32 Å². The maximum absolute atomic E-state index is 13.2. The van der Waals surface area contributed by atoms with Crippen molar-refractivity contribution in [2.24, 2.45) is 5.92 Å². The number of carbonyl (C=O) groups excluding carboxylic acids is 1. The van der Waals surface area contributed by atoms with Crippen LogP contribution in [0.2, 0.25) is 0 Å². The van der Waals surface area contributed by atoms with Crippen LogP contribution in [0.25, 0.3) is 0 Å². The molecule has 0 unspecified atom stereocenters. The van der Waals surface area contributed by atoms with Gasteiger partial charge in [-0.25, -0.2) is 4.79 Å². The van der Waals surface area contributed by atoms with Crippen molar-refractivity contribution in [1.82, 2.24) is 10.2 Å². The number of hydrogen-bond donors (Lipinski definition) is 3. The SMILES string of the molecule is C[C@H](N[C@@H](CSCc1ccccc1)C(=O)O)C(=O)N1[C@@H]2CCCC[C@@H]2C[C@H]1C(=O)O. The van der Waals surface area contributed by atoms with E-state index in [-0.39, 0.29) is 17.9 Å². The van der Waals surface area contributed by atoms with Crippen LogP contribution in [-0.4, -0.2) is 62.9 Å². The van der Waals surface area contributed by atoms with Crippen molar-refractivity contribution < 1.29 is 24.6 Å². The van der Waals surface area contributed by atoms with E-state index in [1.54, 1.807) is 6.92 Å². The molecule has 1 aliphatic carbocycles. The van der Waals surface area contributed by atoms with Gasteiger partial charge in [0.05, 0.1) is 6.04 Å². The molecule has 1 aliphatic heterocycles. The van der Waals surface area contributed by atoms with Crippen LogP contribution in [-0.2, 0) is 20.1 Å². The molecule has 3 rings (SSSR count). The van der Waals surface area contributed by atoms with Crippen molar-refractivity contribution in [3.8, 4) is 0 Å². The van der Waals surface area contributed by atoms with Crippen LogP contribution in [0.4, 0.5) is 0 Å². The smallest absolute Gasteiger partial charge is 0.326 e. The van der Waals surface area contributed by atoms with Gasteiger partial charge in [-0.15, -0.1) is 0 Å². The summed E-state index contributed by atoms with van der Waals surface area (Å²) in [5, 5.41) is 22.2. The molecular formula is C22H30N2O5S. The van der Waals surface area contributed by atoms with Crippen LogP contribution in [0.1, 0.15) is 44.6 Å². The third kappa shape index (κ3) is 5.35. The Bertz CT molecular complexity index is 759. The molecule has 7 nitrogen and oxygen atoms in total. The van der Waals surface area contributed by atoms with Gasteiger partial charge >= 0.3 is 11.9 Å². The highest BCUT2D eigenvalue weighted by Gasteiger charge is 2.48. The summed E-state index contributed by atoms with van der Waals surface area (Å²) in [6, 6.07) is 7.29. The van der Waals surface area contributed by atoms with Crippen molar-refractivity contribution in [1.29, 1.82) is 0 Å². The molecular weight excluding hydrogens is 404 g/mol. The summed E-state index contributed by atoms with van der Waals surface area (Å²) in [7, 11) is 0. The largest absolute Gasteiger partial charge is 0.480 e. The Labute approximate surface area is 181 Å². The van der Waals surface area contributed by atoms with E-state index in [1.807, 2.05) is 30.3 Å². The van der Waals surface area contributed by atoms with E-state index in [1.165, 1.54) is 16.7 Å². The second kappa shape index (κ2) is 10.3. The number of thioether (sulfide) groups is 1. The molecule has 1 heterocycles. The third-order valence-electron chi connectivity index (χ3n) is 6.14. The normalized spacial score (nSPS) is 25.4. The predicted molar refractivity (Wildman–Crippen MR) is 115 cm³/mol. The van der Waals surface area contributed by atoms with Gasteiger partial charge in [-0.3, -0.25) is 14.9 Å². The number of carboxylic acids is 2. The molecule has 1 aromatic rings. The summed E-state index contributed by atoms with van der Waals surface area (Å²) in [6.07, 6.45) is 4.33. The summed E-state index contributed by atoms with van der Waals surface area (Å²) in [5.74, 6) is -1.06. The first-order chi connectivity index (χ1) is 14.4. The number of carboxylic acid groups (broad SMARTS) is 2. The highest BCUT2D eigenvalue weighted by molar-refractivity contribution is 7.98. The predicted octanol–water partition coefficient (Wildman–Crippen LogP) is 2.60. The topological polar surface area (TPSA) is 107 Å². The number of hydrogen-bond acceptors (Lipinski definition) is 5. The van der Waals surface area contributed by atoms with Gasteiger partial charge in [0.25, 0.3) is 0 Å². The summed E-state index contributed by atoms with van der Waals surface area (Å²) in [6.45, 7) is 1.63. The molecule has 0 radical (unpaired) electrons. The van der Waals surface area contributed by atoms with E-state index < -0.39 is 30.1 Å². The maximum atomic E-state index is 13.2. The molecule has 2 aliphatic rings. The molecule has 0 spiro atoms. The quantitative estimate of drug-likeness (QED) is 0.548. The van der Waals surface area contributed by atoms with Gasteiger partial charge in [-0.1, -0.05) is 43.2 Å². The minimum Gasteiger partial charge on any atom is -0.480 e. The first-order valence-corrected chi connectivity index (χ1v) is 11.7. The van der Waals surface area contributed by atoms with Gasteiger partial charge in [-0.05, 0) is 37.7 Å². The number of carbonyl (C=O) groups is 3. The molecule has 8 heteroatoms. The number of nitrogens with one attached hydrogen (secondary N) is 1. The zero-order chi connectivity index (χ0) is 21.7. The Morgan fingerprint density at radius 2 is 1.87 bits per heavy atom. The summed E-state index contributed by atoms with van der Waals surface area (Å²) >= 11 is 1.49. The Hall–Kier alpha value is -2.06. The molecule has 1 saturated heterocycles. The van der Waals surface area contributed by atoms with Gasteiger partial charge in [-0.2, -0.15) is 11.8 Å². The van der Waals surface area contributed by atoms with E-state index >= 15 is 0 Å². The monoisotopic (exact) mass is 434 g/mol. The average molecular weight is 435 g/mol. The number of nitrogens with zero attached hydrogens (tertiary/aromatic N) is 1. The highest BCUT2D eigenvalue weighted by Crippen LogP contribution is 2.40. The Balaban J connectivity index is 1.61. The van der Waals surface area contributed by atoms with Gasteiger partial charge in [0.2, 0.25) is 5.91 Å². The van der Waals surface area contributed by atoms with Crippen molar-refractivity contribution in [2.45, 2.75) is 68.9 Å². The number of aliphatic carboxylic acids is 2. The summed E-state index contributed by atoms with van der Waals surface area (Å²) in [5.41, 5.74) is 1.11. The lowest BCUT2D eigenvalue weighted by atomic mass is 9.84.